The first kappa shape index (κ1) is 20.9. The molecule has 4 aliphatic rings. The van der Waals surface area contributed by atoms with Crippen molar-refractivity contribution in [3.05, 3.63) is 0 Å². The molecule has 0 N–H and O–H groups in total. The molecule has 0 aromatic rings. The Bertz CT molecular complexity index is 579. The molecule has 0 aliphatic heterocycles. The summed E-state index contributed by atoms with van der Waals surface area (Å²) in [4.78, 5) is 13.3. The molecule has 0 spiro atoms. The number of carbonyl (C=O) groups is 1. The van der Waals surface area contributed by atoms with Crippen LogP contribution in [0.1, 0.15) is 112 Å². The summed E-state index contributed by atoms with van der Waals surface area (Å²) in [7, 11) is 0. The van der Waals surface area contributed by atoms with Gasteiger partial charge >= 0.3 is 0 Å². The van der Waals surface area contributed by atoms with Crippen molar-refractivity contribution >= 4 is 5.78 Å². The number of carbonyl (C=O) groups excluding carboxylic acids is 1. The number of hydrogen-bond donors (Lipinski definition) is 0. The maximum Gasteiger partial charge on any atom is 0.137 e. The van der Waals surface area contributed by atoms with Crippen LogP contribution in [0.15, 0.2) is 0 Å². The van der Waals surface area contributed by atoms with Crippen LogP contribution in [-0.4, -0.2) is 5.78 Å². The van der Waals surface area contributed by atoms with Crippen molar-refractivity contribution in [3.8, 4) is 0 Å². The highest BCUT2D eigenvalue weighted by Gasteiger charge is 2.62. The SMILES string of the molecule is CC(C)CCC[C@@H](C)[C@H]1C(=O)C[C@H]2[C@@H]3CCC4CCCC[C@]4(C)[C@H]3CC[C@]12C. The molecule has 4 aliphatic carbocycles. The Hall–Kier alpha value is -0.330. The average Bonchev–Trinajstić information content (AvgIpc) is 2.91. The van der Waals surface area contributed by atoms with Gasteiger partial charge in [0.25, 0.3) is 0 Å². The fraction of sp³-hybridized carbons (Fsp3) is 0.963. The maximum absolute atomic E-state index is 13.3. The summed E-state index contributed by atoms with van der Waals surface area (Å²) in [6, 6.07) is 0. The first-order valence-corrected chi connectivity index (χ1v) is 12.8. The summed E-state index contributed by atoms with van der Waals surface area (Å²) in [5.74, 6) is 5.78. The third-order valence-electron chi connectivity index (χ3n) is 10.5. The number of fused-ring (bicyclic) bond motifs is 5. The van der Waals surface area contributed by atoms with E-state index in [0.29, 0.717) is 34.4 Å². The van der Waals surface area contributed by atoms with Crippen LogP contribution in [0.4, 0.5) is 0 Å². The van der Waals surface area contributed by atoms with Gasteiger partial charge in [-0.25, -0.2) is 0 Å². The summed E-state index contributed by atoms with van der Waals surface area (Å²) in [5.41, 5.74) is 0.889. The highest BCUT2D eigenvalue weighted by Crippen LogP contribution is 2.67. The molecule has 0 amide bonds. The van der Waals surface area contributed by atoms with Gasteiger partial charge in [0.05, 0.1) is 0 Å². The molecule has 0 heterocycles. The molecule has 1 heteroatoms. The van der Waals surface area contributed by atoms with Crippen molar-refractivity contribution in [2.45, 2.75) is 112 Å². The van der Waals surface area contributed by atoms with E-state index in [1.807, 2.05) is 0 Å². The van der Waals surface area contributed by atoms with Crippen LogP contribution in [-0.2, 0) is 4.79 Å². The van der Waals surface area contributed by atoms with Gasteiger partial charge in [0.2, 0.25) is 0 Å². The summed E-state index contributed by atoms with van der Waals surface area (Å²) in [6.07, 6.45) is 16.3. The van der Waals surface area contributed by atoms with Gasteiger partial charge in [0.1, 0.15) is 5.78 Å². The third kappa shape index (κ3) is 3.31. The van der Waals surface area contributed by atoms with Gasteiger partial charge in [-0.1, -0.05) is 60.3 Å². The zero-order chi connectivity index (χ0) is 20.1. The Balaban J connectivity index is 1.51. The van der Waals surface area contributed by atoms with Crippen LogP contribution in [0.25, 0.3) is 0 Å². The average molecular weight is 387 g/mol. The highest BCUT2D eigenvalue weighted by molar-refractivity contribution is 5.85. The molecule has 4 rings (SSSR count). The summed E-state index contributed by atoms with van der Waals surface area (Å²) >= 11 is 0. The van der Waals surface area contributed by atoms with Gasteiger partial charge < -0.3 is 0 Å². The lowest BCUT2D eigenvalue weighted by atomic mass is 9.44. The monoisotopic (exact) mass is 386 g/mol. The first-order chi connectivity index (χ1) is 13.3. The Kier molecular flexibility index (Phi) is 5.78. The molecule has 0 aromatic carbocycles. The number of Topliss-reactive ketones (excluding diaryl/α,β-unsaturated/α-hetero) is 1. The number of hydrogen-bond acceptors (Lipinski definition) is 1. The second kappa shape index (κ2) is 7.73. The van der Waals surface area contributed by atoms with Crippen LogP contribution < -0.4 is 0 Å². The highest BCUT2D eigenvalue weighted by atomic mass is 16.1. The normalized spacial score (nSPS) is 46.8. The molecule has 0 saturated heterocycles. The molecule has 0 bridgehead atoms. The predicted molar refractivity (Wildman–Crippen MR) is 118 cm³/mol. The van der Waals surface area contributed by atoms with E-state index in [1.54, 1.807) is 0 Å². The molecule has 28 heavy (non-hydrogen) atoms. The molecule has 8 atom stereocenters. The standard InChI is InChI=1S/C27H46O/c1-18(2)9-8-10-19(3)25-24(28)17-23-21-13-12-20-11-6-7-15-26(20,4)22(21)14-16-27(23,25)5/h18-23,25H,6-17H2,1-5H3/t19-,20?,21-,22+,23+,25+,26+,27+/m1/s1. The molecule has 0 radical (unpaired) electrons. The minimum absolute atomic E-state index is 0.299. The fourth-order valence-electron chi connectivity index (χ4n) is 9.11. The molecular formula is C27H46O. The third-order valence-corrected chi connectivity index (χ3v) is 10.5. The maximum atomic E-state index is 13.3. The first-order valence-electron chi connectivity index (χ1n) is 12.8. The summed E-state index contributed by atoms with van der Waals surface area (Å²) < 4.78 is 0. The Morgan fingerprint density at radius 2 is 1.68 bits per heavy atom. The molecule has 4 saturated carbocycles. The number of ketones is 1. The van der Waals surface area contributed by atoms with Gasteiger partial charge in [-0.05, 0) is 91.3 Å². The van der Waals surface area contributed by atoms with Crippen LogP contribution in [0, 0.1) is 52.3 Å². The van der Waals surface area contributed by atoms with Crippen LogP contribution in [0.5, 0.6) is 0 Å². The van der Waals surface area contributed by atoms with Crippen molar-refractivity contribution in [2.75, 3.05) is 0 Å². The predicted octanol–water partition coefficient (Wildman–Crippen LogP) is 7.68. The zero-order valence-electron chi connectivity index (χ0n) is 19.4. The van der Waals surface area contributed by atoms with Crippen molar-refractivity contribution in [1.82, 2.24) is 0 Å². The molecule has 1 nitrogen and oxygen atoms in total. The van der Waals surface area contributed by atoms with Crippen LogP contribution >= 0.6 is 0 Å². The topological polar surface area (TPSA) is 17.1 Å². The van der Waals surface area contributed by atoms with E-state index in [4.69, 9.17) is 0 Å². The van der Waals surface area contributed by atoms with E-state index in [-0.39, 0.29) is 0 Å². The molecule has 160 valence electrons. The lowest BCUT2D eigenvalue weighted by molar-refractivity contribution is -0.126. The quantitative estimate of drug-likeness (QED) is 0.473. The van der Waals surface area contributed by atoms with Crippen molar-refractivity contribution in [2.24, 2.45) is 52.3 Å². The molecule has 1 unspecified atom stereocenters. The molecular weight excluding hydrogens is 340 g/mol. The fourth-order valence-corrected chi connectivity index (χ4v) is 9.11. The van der Waals surface area contributed by atoms with E-state index in [0.717, 1.165) is 30.1 Å². The minimum Gasteiger partial charge on any atom is -0.299 e. The Morgan fingerprint density at radius 3 is 2.43 bits per heavy atom. The lowest BCUT2D eigenvalue weighted by Gasteiger charge is -2.60. The Labute approximate surface area is 174 Å². The smallest absolute Gasteiger partial charge is 0.137 e. The van der Waals surface area contributed by atoms with E-state index in [9.17, 15) is 4.79 Å². The van der Waals surface area contributed by atoms with Crippen molar-refractivity contribution in [3.63, 3.8) is 0 Å². The second-order valence-corrected chi connectivity index (χ2v) is 12.4. The van der Waals surface area contributed by atoms with E-state index in [2.05, 4.69) is 34.6 Å². The van der Waals surface area contributed by atoms with Gasteiger partial charge in [-0.15, -0.1) is 0 Å². The van der Waals surface area contributed by atoms with Crippen LogP contribution in [0.2, 0.25) is 0 Å². The number of rotatable bonds is 5. The van der Waals surface area contributed by atoms with Crippen molar-refractivity contribution in [1.29, 1.82) is 0 Å². The Morgan fingerprint density at radius 1 is 0.893 bits per heavy atom. The minimum atomic E-state index is 0.299. The van der Waals surface area contributed by atoms with Gasteiger partial charge in [-0.3, -0.25) is 4.79 Å². The molecule has 0 aromatic heterocycles. The largest absolute Gasteiger partial charge is 0.299 e. The zero-order valence-corrected chi connectivity index (χ0v) is 19.4. The van der Waals surface area contributed by atoms with Gasteiger partial charge in [0, 0.05) is 12.3 Å². The van der Waals surface area contributed by atoms with E-state index in [1.165, 1.54) is 70.6 Å². The van der Waals surface area contributed by atoms with E-state index < -0.39 is 0 Å². The van der Waals surface area contributed by atoms with Gasteiger partial charge in [0.15, 0.2) is 0 Å². The van der Waals surface area contributed by atoms with Crippen molar-refractivity contribution < 1.29 is 4.79 Å². The van der Waals surface area contributed by atoms with Crippen LogP contribution in [0.3, 0.4) is 0 Å². The van der Waals surface area contributed by atoms with Gasteiger partial charge in [-0.2, -0.15) is 0 Å². The summed E-state index contributed by atoms with van der Waals surface area (Å²) in [5, 5.41) is 0. The lowest BCUT2D eigenvalue weighted by Crippen LogP contribution is -2.53. The summed E-state index contributed by atoms with van der Waals surface area (Å²) in [6.45, 7) is 12.2. The molecule has 4 fully saturated rings. The van der Waals surface area contributed by atoms with E-state index >= 15 is 0 Å². The second-order valence-electron chi connectivity index (χ2n) is 12.4.